The van der Waals surface area contributed by atoms with Crippen LogP contribution in [0.25, 0.3) is 0 Å². The number of alkyl halides is 3. The summed E-state index contributed by atoms with van der Waals surface area (Å²) in [6.45, 7) is 0. The first kappa shape index (κ1) is 16.2. The molecule has 1 N–H and O–H groups in total. The second kappa shape index (κ2) is 6.70. The number of nitrogens with zero attached hydrogens (tertiary/aromatic N) is 3. The second-order valence-corrected chi connectivity index (χ2v) is 4.31. The van der Waals surface area contributed by atoms with E-state index in [1.165, 1.54) is 24.7 Å². The number of hydrogen-bond acceptors (Lipinski definition) is 5. The number of aromatic nitrogens is 2. The van der Waals surface area contributed by atoms with Crippen LogP contribution in [0.3, 0.4) is 0 Å². The van der Waals surface area contributed by atoms with Gasteiger partial charge in [0.25, 0.3) is 0 Å². The summed E-state index contributed by atoms with van der Waals surface area (Å²) in [5.41, 5.74) is -1.54. The van der Waals surface area contributed by atoms with Crippen LogP contribution in [0.5, 0.6) is 0 Å². The number of carbonyl (C=O) groups is 1. The lowest BCUT2D eigenvalue weighted by Crippen LogP contribution is -2.09. The van der Waals surface area contributed by atoms with Gasteiger partial charge in [0.1, 0.15) is 17.5 Å². The summed E-state index contributed by atoms with van der Waals surface area (Å²) in [7, 11) is 0. The molecule has 0 unspecified atom stereocenters. The van der Waals surface area contributed by atoms with Gasteiger partial charge in [-0.2, -0.15) is 18.4 Å². The Morgan fingerprint density at radius 1 is 1.30 bits per heavy atom. The zero-order valence-electron chi connectivity index (χ0n) is 11.5. The van der Waals surface area contributed by atoms with E-state index in [2.05, 4.69) is 15.3 Å². The molecule has 1 aromatic heterocycles. The molecule has 23 heavy (non-hydrogen) atoms. The Morgan fingerprint density at radius 3 is 2.70 bits per heavy atom. The molecule has 2 rings (SSSR count). The van der Waals surface area contributed by atoms with E-state index in [9.17, 15) is 18.0 Å². The average Bonchev–Trinajstić information content (AvgIpc) is 2.55. The number of hydrogen-bond donors (Lipinski definition) is 1. The third-order valence-electron chi connectivity index (χ3n) is 2.74. The highest BCUT2D eigenvalue weighted by Gasteiger charge is 2.31. The topological polar surface area (TPSA) is 78.7 Å². The Morgan fingerprint density at radius 2 is 2.09 bits per heavy atom. The third-order valence-corrected chi connectivity index (χ3v) is 2.74. The van der Waals surface area contributed by atoms with Crippen LogP contribution in [0, 0.1) is 11.3 Å². The number of ketones is 1. The van der Waals surface area contributed by atoms with Gasteiger partial charge in [-0.15, -0.1) is 0 Å². The van der Waals surface area contributed by atoms with Gasteiger partial charge in [0.15, 0.2) is 0 Å². The smallest absolute Gasteiger partial charge is 0.344 e. The van der Waals surface area contributed by atoms with Crippen molar-refractivity contribution in [2.75, 3.05) is 5.32 Å². The van der Waals surface area contributed by atoms with E-state index < -0.39 is 17.5 Å². The molecule has 0 radical (unpaired) electrons. The molecule has 1 aromatic carbocycles. The number of benzene rings is 1. The summed E-state index contributed by atoms with van der Waals surface area (Å²) in [5.74, 6) is -0.535. The maximum Gasteiger partial charge on any atom is 0.416 e. The van der Waals surface area contributed by atoms with Gasteiger partial charge in [-0.1, -0.05) is 12.1 Å². The fourth-order valence-corrected chi connectivity index (χ4v) is 1.66. The zero-order valence-corrected chi connectivity index (χ0v) is 11.5. The number of Topliss-reactive ketones (excluding diaryl/α,β-unsaturated/α-hetero) is 1. The van der Waals surface area contributed by atoms with Gasteiger partial charge in [0.2, 0.25) is 5.78 Å². The van der Waals surface area contributed by atoms with Crippen LogP contribution in [0.1, 0.15) is 15.9 Å². The maximum absolute atomic E-state index is 12.7. The van der Waals surface area contributed by atoms with Crippen LogP contribution in [-0.2, 0) is 6.18 Å². The van der Waals surface area contributed by atoms with E-state index in [0.29, 0.717) is 6.07 Å². The summed E-state index contributed by atoms with van der Waals surface area (Å²) >= 11 is 0. The van der Waals surface area contributed by atoms with Crippen LogP contribution in [0.4, 0.5) is 19.0 Å². The highest BCUT2D eigenvalue weighted by Crippen LogP contribution is 2.29. The van der Waals surface area contributed by atoms with E-state index in [4.69, 9.17) is 5.26 Å². The Kier molecular flexibility index (Phi) is 4.71. The average molecular weight is 318 g/mol. The maximum atomic E-state index is 12.7. The molecular weight excluding hydrogens is 309 g/mol. The molecule has 0 bridgehead atoms. The highest BCUT2D eigenvalue weighted by molar-refractivity contribution is 6.11. The van der Waals surface area contributed by atoms with E-state index in [-0.39, 0.29) is 17.0 Å². The van der Waals surface area contributed by atoms with E-state index in [1.807, 2.05) is 0 Å². The predicted octanol–water partition coefficient (Wildman–Crippen LogP) is 3.20. The molecule has 0 spiro atoms. The van der Waals surface area contributed by atoms with Crippen molar-refractivity contribution in [2.24, 2.45) is 0 Å². The van der Waals surface area contributed by atoms with Gasteiger partial charge in [-0.25, -0.2) is 4.98 Å². The molecule has 2 aromatic rings. The Labute approximate surface area is 129 Å². The third kappa shape index (κ3) is 4.14. The Balaban J connectivity index is 2.25. The van der Waals surface area contributed by atoms with E-state index in [0.717, 1.165) is 18.3 Å². The van der Waals surface area contributed by atoms with Crippen LogP contribution in [0.15, 0.2) is 54.6 Å². The lowest BCUT2D eigenvalue weighted by atomic mass is 10.0. The number of allylic oxidation sites excluding steroid dienone is 1. The number of carbonyl (C=O) groups excluding carboxylic acids is 1. The summed E-state index contributed by atoms with van der Waals surface area (Å²) in [6.07, 6.45) is 0.711. The lowest BCUT2D eigenvalue weighted by molar-refractivity contribution is -0.137. The molecule has 0 aliphatic heterocycles. The molecule has 0 aliphatic carbocycles. The standard InChI is InChI=1S/C15H9F3N4O/c16-15(17,18)12-3-1-2-10(6-12)14(23)11(7-19)8-22-13-9-20-4-5-21-13/h1-6,8-9H,(H,21,22). The first-order valence-corrected chi connectivity index (χ1v) is 6.26. The predicted molar refractivity (Wildman–Crippen MR) is 75.1 cm³/mol. The summed E-state index contributed by atoms with van der Waals surface area (Å²) in [5, 5.41) is 11.6. The van der Waals surface area contributed by atoms with Gasteiger partial charge >= 0.3 is 6.18 Å². The molecule has 0 saturated carbocycles. The second-order valence-electron chi connectivity index (χ2n) is 4.31. The molecule has 8 heteroatoms. The molecule has 1 heterocycles. The molecule has 0 saturated heterocycles. The SMILES string of the molecule is N#CC(=CNc1cnccn1)C(=O)c1cccc(C(F)(F)F)c1. The highest BCUT2D eigenvalue weighted by atomic mass is 19.4. The molecule has 0 atom stereocenters. The Hall–Kier alpha value is -3.21. The van der Waals surface area contributed by atoms with Gasteiger partial charge in [0.05, 0.1) is 11.8 Å². The molecule has 0 amide bonds. The van der Waals surface area contributed by atoms with Crippen molar-refractivity contribution in [3.63, 3.8) is 0 Å². The normalized spacial score (nSPS) is 11.7. The minimum absolute atomic E-state index is 0.228. The number of nitrogens with one attached hydrogen (secondary N) is 1. The van der Waals surface area contributed by atoms with E-state index in [1.54, 1.807) is 6.07 Å². The first-order chi connectivity index (χ1) is 10.9. The van der Waals surface area contributed by atoms with Crippen molar-refractivity contribution in [3.05, 3.63) is 65.8 Å². The number of halogens is 3. The minimum atomic E-state index is -4.56. The quantitative estimate of drug-likeness (QED) is 0.532. The largest absolute Gasteiger partial charge is 0.416 e. The fraction of sp³-hybridized carbons (Fsp3) is 0.0667. The van der Waals surface area contributed by atoms with Gasteiger partial charge in [-0.3, -0.25) is 9.78 Å². The lowest BCUT2D eigenvalue weighted by Gasteiger charge is -2.08. The molecular formula is C15H9F3N4O. The first-order valence-electron chi connectivity index (χ1n) is 6.26. The van der Waals surface area contributed by atoms with Crippen molar-refractivity contribution in [2.45, 2.75) is 6.18 Å². The summed E-state index contributed by atoms with van der Waals surface area (Å²) < 4.78 is 38.0. The minimum Gasteiger partial charge on any atom is -0.344 e. The zero-order chi connectivity index (χ0) is 16.9. The molecule has 116 valence electrons. The molecule has 0 fully saturated rings. The monoisotopic (exact) mass is 318 g/mol. The molecule has 0 aliphatic rings. The Bertz CT molecular complexity index is 779. The number of anilines is 1. The fourth-order valence-electron chi connectivity index (χ4n) is 1.66. The summed E-state index contributed by atoms with van der Waals surface area (Å²) in [4.78, 5) is 19.8. The van der Waals surface area contributed by atoms with Crippen LogP contribution in [-0.4, -0.2) is 15.8 Å². The number of nitriles is 1. The number of rotatable bonds is 4. The van der Waals surface area contributed by atoms with E-state index >= 15 is 0 Å². The van der Waals surface area contributed by atoms with Crippen LogP contribution >= 0.6 is 0 Å². The van der Waals surface area contributed by atoms with Gasteiger partial charge < -0.3 is 5.32 Å². The van der Waals surface area contributed by atoms with Gasteiger partial charge in [0, 0.05) is 24.2 Å². The van der Waals surface area contributed by atoms with Crippen molar-refractivity contribution < 1.29 is 18.0 Å². The molecule has 5 nitrogen and oxygen atoms in total. The van der Waals surface area contributed by atoms with Crippen LogP contribution < -0.4 is 5.32 Å². The summed E-state index contributed by atoms with van der Waals surface area (Å²) in [6, 6.07) is 5.53. The van der Waals surface area contributed by atoms with Crippen molar-refractivity contribution in [3.8, 4) is 6.07 Å². The van der Waals surface area contributed by atoms with Crippen molar-refractivity contribution in [1.29, 1.82) is 5.26 Å². The van der Waals surface area contributed by atoms with Crippen molar-refractivity contribution >= 4 is 11.6 Å². The van der Waals surface area contributed by atoms with Crippen molar-refractivity contribution in [1.82, 2.24) is 9.97 Å². The van der Waals surface area contributed by atoms with Crippen LogP contribution in [0.2, 0.25) is 0 Å². The van der Waals surface area contributed by atoms with Gasteiger partial charge in [-0.05, 0) is 12.1 Å².